The Bertz CT molecular complexity index is 590. The van der Waals surface area contributed by atoms with Gasteiger partial charge in [-0.25, -0.2) is 0 Å². The number of carbonyl (C=O) groups is 1. The first-order valence-electron chi connectivity index (χ1n) is 5.78. The summed E-state index contributed by atoms with van der Waals surface area (Å²) in [5.74, 6) is 5.60. The molecule has 19 heavy (non-hydrogen) atoms. The van der Waals surface area contributed by atoms with E-state index in [-0.39, 0.29) is 12.5 Å². The number of rotatable bonds is 4. The number of furan rings is 1. The molecule has 2 aromatic rings. The van der Waals surface area contributed by atoms with E-state index < -0.39 is 0 Å². The summed E-state index contributed by atoms with van der Waals surface area (Å²) < 4.78 is 4.92. The number of hydrogen-bond acceptors (Lipinski definition) is 4. The topological polar surface area (TPSA) is 62.5 Å². The maximum absolute atomic E-state index is 11.9. The van der Waals surface area contributed by atoms with Gasteiger partial charge in [-0.3, -0.25) is 4.79 Å². The highest BCUT2D eigenvalue weighted by atomic mass is 32.1. The lowest BCUT2D eigenvalue weighted by atomic mass is 10.3. The van der Waals surface area contributed by atoms with Gasteiger partial charge in [0, 0.05) is 18.5 Å². The van der Waals surface area contributed by atoms with E-state index in [1.165, 1.54) is 11.3 Å². The zero-order chi connectivity index (χ0) is 13.5. The molecule has 98 valence electrons. The van der Waals surface area contributed by atoms with Crippen LogP contribution < -0.4 is 5.32 Å². The molecule has 0 saturated heterocycles. The minimum absolute atomic E-state index is 0.0520. The largest absolute Gasteiger partial charge is 0.472 e. The third-order valence-corrected chi connectivity index (χ3v) is 3.31. The van der Waals surface area contributed by atoms with Gasteiger partial charge in [-0.1, -0.05) is 11.8 Å². The van der Waals surface area contributed by atoms with Crippen molar-refractivity contribution in [2.24, 2.45) is 0 Å². The highest BCUT2D eigenvalue weighted by molar-refractivity contribution is 7.14. The van der Waals surface area contributed by atoms with Crippen LogP contribution in [0.5, 0.6) is 0 Å². The number of thiophene rings is 1. The molecular formula is C14H13NO3S. The Kier molecular flexibility index (Phi) is 4.78. The fourth-order valence-electron chi connectivity index (χ4n) is 1.40. The molecule has 0 unspecified atom stereocenters. The van der Waals surface area contributed by atoms with Crippen molar-refractivity contribution < 1.29 is 14.3 Å². The van der Waals surface area contributed by atoms with Crippen molar-refractivity contribution in [3.63, 3.8) is 0 Å². The minimum atomic E-state index is -0.124. The third-order valence-electron chi connectivity index (χ3n) is 2.31. The normalized spacial score (nSPS) is 9.74. The first-order valence-corrected chi connectivity index (χ1v) is 6.60. The SMILES string of the molecule is O=C(NCc1ccoc1)c1ccc(C#CCCO)s1. The Morgan fingerprint density at radius 3 is 3.05 bits per heavy atom. The van der Waals surface area contributed by atoms with Gasteiger partial charge >= 0.3 is 0 Å². The van der Waals surface area contributed by atoms with E-state index in [1.54, 1.807) is 24.7 Å². The smallest absolute Gasteiger partial charge is 0.261 e. The summed E-state index contributed by atoms with van der Waals surface area (Å²) >= 11 is 1.34. The van der Waals surface area contributed by atoms with Crippen LogP contribution in [-0.2, 0) is 6.54 Å². The van der Waals surface area contributed by atoms with Gasteiger partial charge in [0.05, 0.1) is 28.9 Å². The van der Waals surface area contributed by atoms with Crippen LogP contribution in [0.3, 0.4) is 0 Å². The molecule has 2 N–H and O–H groups in total. The Morgan fingerprint density at radius 2 is 2.32 bits per heavy atom. The maximum atomic E-state index is 11.9. The van der Waals surface area contributed by atoms with Crippen LogP contribution in [-0.4, -0.2) is 17.6 Å². The molecular weight excluding hydrogens is 262 g/mol. The van der Waals surface area contributed by atoms with Gasteiger partial charge in [-0.05, 0) is 18.2 Å². The Labute approximate surface area is 115 Å². The van der Waals surface area contributed by atoms with E-state index in [1.807, 2.05) is 6.07 Å². The molecule has 5 heteroatoms. The number of hydrogen-bond donors (Lipinski definition) is 2. The zero-order valence-corrected chi connectivity index (χ0v) is 11.0. The molecule has 2 aromatic heterocycles. The van der Waals surface area contributed by atoms with Crippen LogP contribution in [0.25, 0.3) is 0 Å². The van der Waals surface area contributed by atoms with Crippen molar-refractivity contribution in [2.75, 3.05) is 6.61 Å². The van der Waals surface area contributed by atoms with E-state index in [0.717, 1.165) is 10.4 Å². The first kappa shape index (κ1) is 13.4. The van der Waals surface area contributed by atoms with Crippen molar-refractivity contribution in [1.29, 1.82) is 0 Å². The van der Waals surface area contributed by atoms with Crippen molar-refractivity contribution in [2.45, 2.75) is 13.0 Å². The second kappa shape index (κ2) is 6.78. The second-order valence-electron chi connectivity index (χ2n) is 3.75. The van der Waals surface area contributed by atoms with E-state index >= 15 is 0 Å². The lowest BCUT2D eigenvalue weighted by Crippen LogP contribution is -2.21. The lowest BCUT2D eigenvalue weighted by Gasteiger charge is -2.00. The molecule has 0 bridgehead atoms. The van der Waals surface area contributed by atoms with E-state index in [0.29, 0.717) is 17.8 Å². The Hall–Kier alpha value is -2.03. The summed E-state index contributed by atoms with van der Waals surface area (Å²) in [7, 11) is 0. The van der Waals surface area contributed by atoms with Gasteiger partial charge < -0.3 is 14.8 Å². The summed E-state index contributed by atoms with van der Waals surface area (Å²) in [5.41, 5.74) is 0.924. The van der Waals surface area contributed by atoms with E-state index in [4.69, 9.17) is 9.52 Å². The van der Waals surface area contributed by atoms with Gasteiger partial charge in [0.1, 0.15) is 0 Å². The monoisotopic (exact) mass is 275 g/mol. The molecule has 0 aliphatic rings. The molecule has 0 fully saturated rings. The summed E-state index contributed by atoms with van der Waals surface area (Å²) in [6.07, 6.45) is 3.61. The first-order chi connectivity index (χ1) is 9.29. The fraction of sp³-hybridized carbons (Fsp3) is 0.214. The quantitative estimate of drug-likeness (QED) is 0.839. The highest BCUT2D eigenvalue weighted by Crippen LogP contribution is 2.15. The predicted molar refractivity (Wildman–Crippen MR) is 72.8 cm³/mol. The highest BCUT2D eigenvalue weighted by Gasteiger charge is 2.08. The second-order valence-corrected chi connectivity index (χ2v) is 4.84. The summed E-state index contributed by atoms with van der Waals surface area (Å²) in [6.45, 7) is 0.495. The maximum Gasteiger partial charge on any atom is 0.261 e. The van der Waals surface area contributed by atoms with Crippen molar-refractivity contribution in [3.8, 4) is 11.8 Å². The number of aliphatic hydroxyl groups is 1. The summed E-state index contributed by atoms with van der Waals surface area (Å²) in [5, 5.41) is 11.4. The average molecular weight is 275 g/mol. The predicted octanol–water partition coefficient (Wildman–Crippen LogP) is 2.01. The molecule has 0 aromatic carbocycles. The molecule has 0 saturated carbocycles. The average Bonchev–Trinajstić information content (AvgIpc) is 3.07. The van der Waals surface area contributed by atoms with E-state index in [2.05, 4.69) is 17.2 Å². The van der Waals surface area contributed by atoms with Crippen molar-refractivity contribution in [3.05, 3.63) is 46.0 Å². The van der Waals surface area contributed by atoms with Crippen LogP contribution in [0.4, 0.5) is 0 Å². The summed E-state index contributed by atoms with van der Waals surface area (Å²) in [6, 6.07) is 5.36. The molecule has 1 amide bonds. The summed E-state index contributed by atoms with van der Waals surface area (Å²) in [4.78, 5) is 13.3. The fourth-order valence-corrected chi connectivity index (χ4v) is 2.19. The van der Waals surface area contributed by atoms with Crippen LogP contribution in [0.15, 0.2) is 35.1 Å². The molecule has 4 nitrogen and oxygen atoms in total. The number of amides is 1. The number of nitrogens with one attached hydrogen (secondary N) is 1. The standard InChI is InChI=1S/C14H13NO3S/c16-7-2-1-3-12-4-5-13(19-12)14(17)15-9-11-6-8-18-10-11/h4-6,8,10,16H,2,7,9H2,(H,15,17). The molecule has 0 atom stereocenters. The molecule has 0 aliphatic carbocycles. The molecule has 2 heterocycles. The molecule has 0 aliphatic heterocycles. The van der Waals surface area contributed by atoms with Crippen LogP contribution in [0.1, 0.15) is 26.5 Å². The van der Waals surface area contributed by atoms with E-state index in [9.17, 15) is 4.79 Å². The Morgan fingerprint density at radius 1 is 1.42 bits per heavy atom. The minimum Gasteiger partial charge on any atom is -0.472 e. The van der Waals surface area contributed by atoms with Crippen molar-refractivity contribution in [1.82, 2.24) is 5.32 Å². The number of aliphatic hydroxyl groups excluding tert-OH is 1. The molecule has 0 spiro atoms. The van der Waals surface area contributed by atoms with Gasteiger partial charge in [0.25, 0.3) is 5.91 Å². The number of carbonyl (C=O) groups excluding carboxylic acids is 1. The van der Waals surface area contributed by atoms with Gasteiger partial charge in [0.2, 0.25) is 0 Å². The molecule has 0 radical (unpaired) electrons. The lowest BCUT2D eigenvalue weighted by molar-refractivity contribution is 0.0955. The van der Waals surface area contributed by atoms with Crippen LogP contribution in [0.2, 0.25) is 0 Å². The zero-order valence-electron chi connectivity index (χ0n) is 10.2. The van der Waals surface area contributed by atoms with Crippen LogP contribution in [0, 0.1) is 11.8 Å². The molecule has 2 rings (SSSR count). The van der Waals surface area contributed by atoms with Gasteiger partial charge in [-0.15, -0.1) is 11.3 Å². The Balaban J connectivity index is 1.91. The van der Waals surface area contributed by atoms with Crippen LogP contribution >= 0.6 is 11.3 Å². The third kappa shape index (κ3) is 3.98. The van der Waals surface area contributed by atoms with Gasteiger partial charge in [-0.2, -0.15) is 0 Å². The van der Waals surface area contributed by atoms with Gasteiger partial charge in [0.15, 0.2) is 0 Å². The van der Waals surface area contributed by atoms with Crippen molar-refractivity contribution >= 4 is 17.2 Å².